The van der Waals surface area contributed by atoms with Gasteiger partial charge >= 0.3 is 18.6 Å². The van der Waals surface area contributed by atoms with Crippen molar-refractivity contribution >= 4 is 23.3 Å². The molecule has 0 saturated heterocycles. The van der Waals surface area contributed by atoms with Crippen LogP contribution in [0.4, 0.5) is 20.2 Å². The average molecular weight is 362 g/mol. The maximum atomic E-state index is 12.7. The second-order valence-electron chi connectivity index (χ2n) is 4.62. The van der Waals surface area contributed by atoms with Crippen molar-refractivity contribution < 1.29 is 37.5 Å². The highest BCUT2D eigenvalue weighted by atomic mass is 19.3. The van der Waals surface area contributed by atoms with Gasteiger partial charge in [-0.15, -0.1) is 0 Å². The Bertz CT molecular complexity index is 667. The number of halogens is 2. The van der Waals surface area contributed by atoms with E-state index in [-0.39, 0.29) is 12.0 Å². The summed E-state index contributed by atoms with van der Waals surface area (Å²) in [4.78, 5) is 33.6. The minimum atomic E-state index is -3.31. The van der Waals surface area contributed by atoms with Crippen molar-refractivity contribution in [2.45, 2.75) is 26.0 Å². The van der Waals surface area contributed by atoms with E-state index < -0.39 is 46.6 Å². The first-order chi connectivity index (χ1) is 11.7. The van der Waals surface area contributed by atoms with E-state index in [0.29, 0.717) is 0 Å². The molecule has 0 radical (unpaired) electrons. The van der Waals surface area contributed by atoms with E-state index in [2.05, 4.69) is 19.5 Å². The lowest BCUT2D eigenvalue weighted by molar-refractivity contribution is -0.384. The Morgan fingerprint density at radius 2 is 1.92 bits per heavy atom. The normalized spacial score (nSPS) is 11.6. The van der Waals surface area contributed by atoms with Crippen LogP contribution in [0.3, 0.4) is 0 Å². The molecule has 1 aromatic rings. The van der Waals surface area contributed by atoms with Crippen molar-refractivity contribution in [3.8, 4) is 5.75 Å². The Morgan fingerprint density at radius 1 is 1.28 bits per heavy atom. The molecule has 0 aliphatic heterocycles. The van der Waals surface area contributed by atoms with Crippen LogP contribution in [0.5, 0.6) is 5.75 Å². The largest absolute Gasteiger partial charge is 0.467 e. The van der Waals surface area contributed by atoms with Gasteiger partial charge in [-0.25, -0.2) is 9.59 Å². The molecule has 0 spiro atoms. The quantitative estimate of drug-likeness (QED) is 0.425. The molecule has 1 aromatic carbocycles. The number of hydrogen-bond acceptors (Lipinski definition) is 8. The van der Waals surface area contributed by atoms with Gasteiger partial charge in [0.15, 0.2) is 11.4 Å². The maximum absolute atomic E-state index is 12.7. The third-order valence-corrected chi connectivity index (χ3v) is 3.13. The fourth-order valence-electron chi connectivity index (χ4n) is 1.96. The number of nitro groups is 1. The van der Waals surface area contributed by atoms with Gasteiger partial charge in [-0.05, 0) is 12.5 Å². The highest BCUT2D eigenvalue weighted by molar-refractivity contribution is 5.93. The van der Waals surface area contributed by atoms with E-state index in [1.165, 1.54) is 0 Å². The third kappa shape index (κ3) is 4.99. The van der Waals surface area contributed by atoms with E-state index >= 15 is 0 Å². The zero-order chi connectivity index (χ0) is 19.1. The van der Waals surface area contributed by atoms with Gasteiger partial charge < -0.3 is 19.5 Å². The molecule has 0 heterocycles. The monoisotopic (exact) mass is 362 g/mol. The molecule has 1 atom stereocenters. The van der Waals surface area contributed by atoms with Crippen LogP contribution in [0.25, 0.3) is 0 Å². The van der Waals surface area contributed by atoms with Crippen molar-refractivity contribution in [2.24, 2.45) is 0 Å². The van der Waals surface area contributed by atoms with Gasteiger partial charge in [-0.3, -0.25) is 10.1 Å². The molecule has 0 saturated carbocycles. The van der Waals surface area contributed by atoms with Gasteiger partial charge in [0.05, 0.1) is 24.7 Å². The summed E-state index contributed by atoms with van der Waals surface area (Å²) in [5, 5.41) is 13.7. The molecule has 0 amide bonds. The molecule has 1 N–H and O–H groups in total. The summed E-state index contributed by atoms with van der Waals surface area (Å²) in [5.74, 6) is -2.41. The zero-order valence-corrected chi connectivity index (χ0v) is 13.6. The van der Waals surface area contributed by atoms with Crippen molar-refractivity contribution in [1.82, 2.24) is 0 Å². The number of alkyl halides is 2. The number of nitrogens with zero attached hydrogens (tertiary/aromatic N) is 1. The second-order valence-corrected chi connectivity index (χ2v) is 4.62. The lowest BCUT2D eigenvalue weighted by Gasteiger charge is -2.19. The number of hydrogen-bond donors (Lipinski definition) is 1. The Labute approximate surface area is 141 Å². The molecule has 0 aliphatic rings. The summed E-state index contributed by atoms with van der Waals surface area (Å²) in [6.07, 6.45) is 0.150. The van der Waals surface area contributed by atoms with Crippen LogP contribution in [-0.2, 0) is 14.3 Å². The minimum absolute atomic E-state index is 0.150. The molecule has 11 heteroatoms. The van der Waals surface area contributed by atoms with Crippen LogP contribution in [0.2, 0.25) is 0 Å². The highest BCUT2D eigenvalue weighted by Crippen LogP contribution is 2.38. The molecule has 138 valence electrons. The Hall–Kier alpha value is -2.98. The van der Waals surface area contributed by atoms with Crippen molar-refractivity contribution in [2.75, 3.05) is 19.5 Å². The third-order valence-electron chi connectivity index (χ3n) is 3.13. The van der Waals surface area contributed by atoms with Gasteiger partial charge in [-0.1, -0.05) is 6.92 Å². The number of anilines is 1. The fraction of sp³-hybridized carbons (Fsp3) is 0.429. The van der Waals surface area contributed by atoms with Gasteiger partial charge in [0, 0.05) is 6.07 Å². The van der Waals surface area contributed by atoms with Crippen molar-refractivity contribution in [1.29, 1.82) is 0 Å². The standard InChI is InChI=1S/C14H16F2N2O7/c1-4-8(13(20)24-3)17-11-9(18(21)22)5-7(12(19)23-2)6-10(11)25-14(15)16/h5-6,8,14,17H,4H2,1-3H3. The van der Waals surface area contributed by atoms with Gasteiger partial charge in [0.1, 0.15) is 6.04 Å². The van der Waals surface area contributed by atoms with E-state index in [1.807, 2.05) is 0 Å². The summed E-state index contributed by atoms with van der Waals surface area (Å²) in [5.41, 5.74) is -1.57. The number of esters is 2. The summed E-state index contributed by atoms with van der Waals surface area (Å²) in [6.45, 7) is -1.73. The molecule has 0 bridgehead atoms. The first kappa shape index (κ1) is 20.1. The molecule has 0 fully saturated rings. The molecule has 0 aliphatic carbocycles. The summed E-state index contributed by atoms with van der Waals surface area (Å²) >= 11 is 0. The van der Waals surface area contributed by atoms with Crippen LogP contribution in [0.1, 0.15) is 23.7 Å². The summed E-state index contributed by atoms with van der Waals surface area (Å²) in [6, 6.07) is 0.640. The first-order valence-electron chi connectivity index (χ1n) is 6.95. The van der Waals surface area contributed by atoms with E-state index in [0.717, 1.165) is 26.4 Å². The van der Waals surface area contributed by atoms with Gasteiger partial charge in [0.25, 0.3) is 5.69 Å². The number of nitro benzene ring substituents is 1. The SMILES string of the molecule is CCC(Nc1c(OC(F)F)cc(C(=O)OC)cc1[N+](=O)[O-])C(=O)OC. The molecule has 0 aromatic heterocycles. The average Bonchev–Trinajstić information content (AvgIpc) is 2.57. The number of nitrogens with one attached hydrogen (secondary N) is 1. The Balaban J connectivity index is 3.51. The van der Waals surface area contributed by atoms with E-state index in [1.54, 1.807) is 6.92 Å². The van der Waals surface area contributed by atoms with Crippen LogP contribution < -0.4 is 10.1 Å². The van der Waals surface area contributed by atoms with Crippen LogP contribution in [0.15, 0.2) is 12.1 Å². The highest BCUT2D eigenvalue weighted by Gasteiger charge is 2.29. The van der Waals surface area contributed by atoms with Crippen LogP contribution >= 0.6 is 0 Å². The second kappa shape index (κ2) is 8.76. The van der Waals surface area contributed by atoms with E-state index in [9.17, 15) is 28.5 Å². The fourth-order valence-corrected chi connectivity index (χ4v) is 1.96. The lowest BCUT2D eigenvalue weighted by atomic mass is 10.1. The Morgan fingerprint density at radius 3 is 2.36 bits per heavy atom. The van der Waals surface area contributed by atoms with E-state index in [4.69, 9.17) is 0 Å². The predicted molar refractivity (Wildman–Crippen MR) is 80.8 cm³/mol. The predicted octanol–water partition coefficient (Wildman–Crippen LogP) is 2.35. The minimum Gasteiger partial charge on any atom is -0.467 e. The molecular formula is C14H16F2N2O7. The molecule has 1 rings (SSSR count). The number of carbonyl (C=O) groups is 2. The zero-order valence-electron chi connectivity index (χ0n) is 13.6. The number of carbonyl (C=O) groups excluding carboxylic acids is 2. The number of benzene rings is 1. The summed E-state index contributed by atoms with van der Waals surface area (Å²) < 4.78 is 38.6. The Kier molecular flexibility index (Phi) is 7.03. The van der Waals surface area contributed by atoms with Gasteiger partial charge in [0.2, 0.25) is 0 Å². The van der Waals surface area contributed by atoms with Crippen LogP contribution in [0, 0.1) is 10.1 Å². The first-order valence-corrected chi connectivity index (χ1v) is 6.95. The van der Waals surface area contributed by atoms with Crippen molar-refractivity contribution in [3.63, 3.8) is 0 Å². The molecule has 1 unspecified atom stereocenters. The molecule has 9 nitrogen and oxygen atoms in total. The van der Waals surface area contributed by atoms with Crippen molar-refractivity contribution in [3.05, 3.63) is 27.8 Å². The number of ether oxygens (including phenoxy) is 3. The summed E-state index contributed by atoms with van der Waals surface area (Å²) in [7, 11) is 2.14. The maximum Gasteiger partial charge on any atom is 0.387 e. The number of rotatable bonds is 8. The van der Waals surface area contributed by atoms with Crippen LogP contribution in [-0.4, -0.2) is 43.7 Å². The lowest BCUT2D eigenvalue weighted by Crippen LogP contribution is -2.30. The smallest absolute Gasteiger partial charge is 0.387 e. The molecule has 25 heavy (non-hydrogen) atoms. The topological polar surface area (TPSA) is 117 Å². The number of methoxy groups -OCH3 is 2. The molecular weight excluding hydrogens is 346 g/mol. The van der Waals surface area contributed by atoms with Gasteiger partial charge in [-0.2, -0.15) is 8.78 Å².